The lowest BCUT2D eigenvalue weighted by Gasteiger charge is -2.04. The van der Waals surface area contributed by atoms with Gasteiger partial charge >= 0.3 is 5.97 Å². The molecule has 2 rings (SSSR count). The van der Waals surface area contributed by atoms with Crippen molar-refractivity contribution in [3.63, 3.8) is 0 Å². The average molecular weight is 291 g/mol. The molecule has 0 spiro atoms. The molecular formula is C12H17N7O2. The first-order valence-electron chi connectivity index (χ1n) is 6.60. The van der Waals surface area contributed by atoms with Crippen LogP contribution in [0, 0.1) is 6.92 Å². The molecule has 2 heterocycles. The van der Waals surface area contributed by atoms with Gasteiger partial charge in [0, 0.05) is 6.54 Å². The van der Waals surface area contributed by atoms with E-state index < -0.39 is 5.97 Å². The second kappa shape index (κ2) is 6.73. The summed E-state index contributed by atoms with van der Waals surface area (Å²) in [6.07, 6.45) is 2.42. The molecular weight excluding hydrogens is 274 g/mol. The van der Waals surface area contributed by atoms with E-state index in [2.05, 4.69) is 32.4 Å². The van der Waals surface area contributed by atoms with Crippen molar-refractivity contribution in [1.82, 2.24) is 35.2 Å². The molecule has 0 unspecified atom stereocenters. The molecule has 0 amide bonds. The van der Waals surface area contributed by atoms with Crippen LogP contribution in [-0.4, -0.2) is 47.8 Å². The maximum absolute atomic E-state index is 11.8. The molecule has 112 valence electrons. The van der Waals surface area contributed by atoms with Crippen molar-refractivity contribution >= 4 is 5.97 Å². The highest BCUT2D eigenvalue weighted by Gasteiger charge is 2.19. The summed E-state index contributed by atoms with van der Waals surface area (Å²) in [6.45, 7) is 8.49. The van der Waals surface area contributed by atoms with Crippen molar-refractivity contribution < 1.29 is 9.53 Å². The molecule has 0 N–H and O–H groups in total. The van der Waals surface area contributed by atoms with Crippen LogP contribution >= 0.6 is 0 Å². The zero-order valence-corrected chi connectivity index (χ0v) is 12.1. The van der Waals surface area contributed by atoms with E-state index in [4.69, 9.17) is 4.74 Å². The van der Waals surface area contributed by atoms with E-state index in [9.17, 15) is 4.79 Å². The van der Waals surface area contributed by atoms with Crippen LogP contribution in [0.4, 0.5) is 0 Å². The second-order valence-corrected chi connectivity index (χ2v) is 4.39. The fourth-order valence-electron chi connectivity index (χ4n) is 1.76. The van der Waals surface area contributed by atoms with Gasteiger partial charge in [-0.25, -0.2) is 14.2 Å². The molecule has 21 heavy (non-hydrogen) atoms. The molecule has 0 atom stereocenters. The van der Waals surface area contributed by atoms with Crippen LogP contribution in [0.3, 0.4) is 0 Å². The molecule has 0 aliphatic rings. The minimum atomic E-state index is -0.521. The first kappa shape index (κ1) is 14.8. The van der Waals surface area contributed by atoms with Gasteiger partial charge in [0.15, 0.2) is 11.5 Å². The summed E-state index contributed by atoms with van der Waals surface area (Å²) in [5, 5.41) is 19.3. The Bertz CT molecular complexity index is 631. The minimum Gasteiger partial charge on any atom is -0.457 e. The molecule has 0 aromatic carbocycles. The molecule has 0 saturated carbocycles. The summed E-state index contributed by atoms with van der Waals surface area (Å²) in [5.41, 5.74) is 0.793. The Morgan fingerprint density at radius 1 is 1.33 bits per heavy atom. The molecule has 2 aromatic rings. The van der Waals surface area contributed by atoms with Gasteiger partial charge in [-0.3, -0.25) is 0 Å². The van der Waals surface area contributed by atoms with Crippen molar-refractivity contribution in [3.8, 4) is 0 Å². The van der Waals surface area contributed by atoms with E-state index in [1.807, 2.05) is 6.92 Å². The van der Waals surface area contributed by atoms with Gasteiger partial charge in [0.2, 0.25) is 0 Å². The number of carbonyl (C=O) groups is 1. The van der Waals surface area contributed by atoms with Crippen LogP contribution in [0.25, 0.3) is 0 Å². The monoisotopic (exact) mass is 291 g/mol. The lowest BCUT2D eigenvalue weighted by Crippen LogP contribution is -2.13. The normalized spacial score (nSPS) is 10.6. The van der Waals surface area contributed by atoms with Crippen LogP contribution in [0.2, 0.25) is 0 Å². The molecule has 0 saturated heterocycles. The van der Waals surface area contributed by atoms with Crippen molar-refractivity contribution in [1.29, 1.82) is 0 Å². The molecule has 9 nitrogen and oxygen atoms in total. The first-order valence-corrected chi connectivity index (χ1v) is 6.60. The molecule has 0 aliphatic heterocycles. The van der Waals surface area contributed by atoms with Crippen molar-refractivity contribution in [3.05, 3.63) is 29.9 Å². The van der Waals surface area contributed by atoms with Crippen LogP contribution < -0.4 is 0 Å². The highest BCUT2D eigenvalue weighted by molar-refractivity contribution is 5.88. The van der Waals surface area contributed by atoms with Crippen LogP contribution in [0.5, 0.6) is 0 Å². The lowest BCUT2D eigenvalue weighted by atomic mass is 10.3. The predicted octanol–water partition coefficient (Wildman–Crippen LogP) is 0.374. The van der Waals surface area contributed by atoms with Gasteiger partial charge in [0.25, 0.3) is 0 Å². The summed E-state index contributed by atoms with van der Waals surface area (Å²) in [5.74, 6) is 0.141. The van der Waals surface area contributed by atoms with Crippen LogP contribution in [0.15, 0.2) is 12.7 Å². The minimum absolute atomic E-state index is 0.139. The van der Waals surface area contributed by atoms with Gasteiger partial charge in [-0.05, 0) is 23.8 Å². The SMILES string of the molecule is C=CCOC(=O)c1nnn(Cc2nnnn2CCC)c1C. The number of aromatic nitrogens is 7. The van der Waals surface area contributed by atoms with Gasteiger partial charge in [0.1, 0.15) is 13.2 Å². The van der Waals surface area contributed by atoms with Crippen molar-refractivity contribution in [2.24, 2.45) is 0 Å². The molecule has 0 radical (unpaired) electrons. The zero-order valence-electron chi connectivity index (χ0n) is 12.1. The van der Waals surface area contributed by atoms with E-state index in [0.717, 1.165) is 13.0 Å². The van der Waals surface area contributed by atoms with Crippen LogP contribution in [-0.2, 0) is 17.8 Å². The smallest absolute Gasteiger partial charge is 0.361 e. The number of ether oxygens (including phenoxy) is 1. The van der Waals surface area contributed by atoms with Gasteiger partial charge in [-0.2, -0.15) is 0 Å². The van der Waals surface area contributed by atoms with E-state index in [0.29, 0.717) is 18.1 Å². The Morgan fingerprint density at radius 2 is 2.14 bits per heavy atom. The summed E-state index contributed by atoms with van der Waals surface area (Å²) in [4.78, 5) is 11.8. The number of hydrogen-bond acceptors (Lipinski definition) is 7. The summed E-state index contributed by atoms with van der Waals surface area (Å²) < 4.78 is 8.23. The van der Waals surface area contributed by atoms with Gasteiger partial charge in [-0.15, -0.1) is 10.2 Å². The highest BCUT2D eigenvalue weighted by Crippen LogP contribution is 2.08. The lowest BCUT2D eigenvalue weighted by molar-refractivity contribution is 0.0542. The Hall–Kier alpha value is -2.58. The first-order chi connectivity index (χ1) is 10.2. The van der Waals surface area contributed by atoms with Gasteiger partial charge in [0.05, 0.1) is 5.69 Å². The van der Waals surface area contributed by atoms with E-state index >= 15 is 0 Å². The number of tetrazole rings is 1. The Morgan fingerprint density at radius 3 is 2.86 bits per heavy atom. The third-order valence-electron chi connectivity index (χ3n) is 2.84. The number of hydrogen-bond donors (Lipinski definition) is 0. The topological polar surface area (TPSA) is 101 Å². The Kier molecular flexibility index (Phi) is 4.75. The maximum atomic E-state index is 11.8. The zero-order chi connectivity index (χ0) is 15.2. The summed E-state index contributed by atoms with van der Waals surface area (Å²) in [7, 11) is 0. The second-order valence-electron chi connectivity index (χ2n) is 4.39. The number of esters is 1. The van der Waals surface area contributed by atoms with Crippen molar-refractivity contribution in [2.75, 3.05) is 6.61 Å². The quantitative estimate of drug-likeness (QED) is 0.536. The summed E-state index contributed by atoms with van der Waals surface area (Å²) >= 11 is 0. The number of aryl methyl sites for hydroxylation is 1. The molecule has 9 heteroatoms. The molecule has 0 aliphatic carbocycles. The molecule has 0 bridgehead atoms. The maximum Gasteiger partial charge on any atom is 0.361 e. The number of rotatable bonds is 7. The fourth-order valence-corrected chi connectivity index (χ4v) is 1.76. The Balaban J connectivity index is 2.14. The summed E-state index contributed by atoms with van der Waals surface area (Å²) in [6, 6.07) is 0. The van der Waals surface area contributed by atoms with Gasteiger partial charge < -0.3 is 4.74 Å². The largest absolute Gasteiger partial charge is 0.457 e. The van der Waals surface area contributed by atoms with Crippen LogP contribution in [0.1, 0.15) is 35.4 Å². The van der Waals surface area contributed by atoms with E-state index in [1.165, 1.54) is 6.08 Å². The number of nitrogens with zero attached hydrogens (tertiary/aromatic N) is 7. The molecule has 0 fully saturated rings. The predicted molar refractivity (Wildman–Crippen MR) is 72.4 cm³/mol. The average Bonchev–Trinajstić information content (AvgIpc) is 3.05. The Labute approximate surface area is 121 Å². The highest BCUT2D eigenvalue weighted by atomic mass is 16.5. The third-order valence-corrected chi connectivity index (χ3v) is 2.84. The third kappa shape index (κ3) is 3.30. The van der Waals surface area contributed by atoms with E-state index in [-0.39, 0.29) is 12.3 Å². The number of carbonyl (C=O) groups excluding carboxylic acids is 1. The van der Waals surface area contributed by atoms with Crippen molar-refractivity contribution in [2.45, 2.75) is 33.4 Å². The van der Waals surface area contributed by atoms with Gasteiger partial charge in [-0.1, -0.05) is 24.8 Å². The standard InChI is InChI=1S/C12H17N7O2/c1-4-6-18-10(13-15-17-18)8-19-9(3)11(14-16-19)12(20)21-7-5-2/h5H,2,4,6-8H2,1,3H3. The van der Waals surface area contributed by atoms with E-state index in [1.54, 1.807) is 16.3 Å². The fraction of sp³-hybridized carbons (Fsp3) is 0.500. The molecule has 2 aromatic heterocycles.